The van der Waals surface area contributed by atoms with Crippen LogP contribution < -0.4 is 4.90 Å². The maximum atomic E-state index is 14.0. The highest BCUT2D eigenvalue weighted by atomic mass is 19.4. The Hall–Kier alpha value is -4.31. The van der Waals surface area contributed by atoms with Crippen molar-refractivity contribution in [3.8, 4) is 11.1 Å². The average Bonchev–Trinajstić information content (AvgIpc) is 3.51. The molecule has 0 unspecified atom stereocenters. The van der Waals surface area contributed by atoms with E-state index >= 15 is 0 Å². The van der Waals surface area contributed by atoms with Crippen molar-refractivity contribution < 1.29 is 32.6 Å². The van der Waals surface area contributed by atoms with Gasteiger partial charge in [-0.2, -0.15) is 13.2 Å². The van der Waals surface area contributed by atoms with Gasteiger partial charge in [-0.3, -0.25) is 9.80 Å². The first kappa shape index (κ1) is 28.8. The lowest BCUT2D eigenvalue weighted by molar-refractivity contribution is -0.137. The number of benzene rings is 3. The molecule has 1 spiro atoms. The van der Waals surface area contributed by atoms with E-state index in [0.29, 0.717) is 50.3 Å². The number of alkyl halides is 3. The topological polar surface area (TPSA) is 75.0 Å². The fraction of sp³-hybridized carbons (Fsp3) is 0.333. The van der Waals surface area contributed by atoms with Crippen molar-refractivity contribution in [2.45, 2.75) is 51.1 Å². The number of anilines is 1. The van der Waals surface area contributed by atoms with Crippen LogP contribution >= 0.6 is 0 Å². The van der Waals surface area contributed by atoms with Gasteiger partial charge in [0.2, 0.25) is 0 Å². The van der Waals surface area contributed by atoms with Crippen LogP contribution in [0.15, 0.2) is 72.9 Å². The third kappa shape index (κ3) is 5.35. The van der Waals surface area contributed by atoms with Gasteiger partial charge in [-0.25, -0.2) is 9.59 Å². The van der Waals surface area contributed by atoms with Crippen molar-refractivity contribution >= 4 is 28.7 Å². The fourth-order valence-electron chi connectivity index (χ4n) is 6.36. The number of aromatic nitrogens is 1. The molecular weight excluding hydrogens is 559 g/mol. The number of fused-ring (bicyclic) bond motifs is 1. The molecule has 10 heteroatoms. The Bertz CT molecular complexity index is 1690. The molecule has 0 saturated carbocycles. The highest BCUT2D eigenvalue weighted by molar-refractivity contribution is 5.99. The first-order valence-corrected chi connectivity index (χ1v) is 14.3. The van der Waals surface area contributed by atoms with Crippen LogP contribution in [-0.2, 0) is 17.5 Å². The Balaban J connectivity index is 1.25. The van der Waals surface area contributed by atoms with Gasteiger partial charge in [0, 0.05) is 61.3 Å². The maximum absolute atomic E-state index is 14.0. The quantitative estimate of drug-likeness (QED) is 0.250. The van der Waals surface area contributed by atoms with E-state index in [-0.39, 0.29) is 17.2 Å². The van der Waals surface area contributed by atoms with Crippen molar-refractivity contribution in [2.75, 3.05) is 24.5 Å². The van der Waals surface area contributed by atoms with E-state index in [1.54, 1.807) is 29.2 Å². The summed E-state index contributed by atoms with van der Waals surface area (Å²) < 4.78 is 50.1. The van der Waals surface area contributed by atoms with Gasteiger partial charge >= 0.3 is 18.2 Å². The van der Waals surface area contributed by atoms with Crippen LogP contribution in [-0.4, -0.2) is 51.9 Å². The van der Waals surface area contributed by atoms with Gasteiger partial charge in [0.25, 0.3) is 0 Å². The van der Waals surface area contributed by atoms with Gasteiger partial charge in [-0.15, -0.1) is 0 Å². The first-order chi connectivity index (χ1) is 20.5. The van der Waals surface area contributed by atoms with E-state index in [9.17, 15) is 27.9 Å². The number of nitrogens with zero attached hydrogens (tertiary/aromatic N) is 3. The molecule has 2 aliphatic heterocycles. The Morgan fingerprint density at radius 2 is 1.65 bits per heavy atom. The smallest absolute Gasteiger partial charge is 0.417 e. The summed E-state index contributed by atoms with van der Waals surface area (Å²) in [5.74, 6) is -1.03. The third-order valence-corrected chi connectivity index (χ3v) is 8.57. The van der Waals surface area contributed by atoms with Gasteiger partial charge < -0.3 is 14.4 Å². The molecule has 3 heterocycles. The number of ether oxygens (including phenoxy) is 1. The van der Waals surface area contributed by atoms with E-state index in [1.807, 2.05) is 12.1 Å². The Labute approximate surface area is 247 Å². The van der Waals surface area contributed by atoms with Gasteiger partial charge in [0.1, 0.15) is 5.60 Å². The summed E-state index contributed by atoms with van der Waals surface area (Å²) in [7, 11) is 0. The van der Waals surface area contributed by atoms with Crippen LogP contribution in [0.25, 0.3) is 22.0 Å². The van der Waals surface area contributed by atoms with E-state index < -0.39 is 29.4 Å². The van der Waals surface area contributed by atoms with Crippen molar-refractivity contribution in [2.24, 2.45) is 0 Å². The van der Waals surface area contributed by atoms with Gasteiger partial charge in [0.15, 0.2) is 0 Å². The van der Waals surface area contributed by atoms with Gasteiger partial charge in [-0.05, 0) is 66.9 Å². The predicted molar refractivity (Wildman–Crippen MR) is 157 cm³/mol. The molecular formula is C33H32F3N3O4. The average molecular weight is 592 g/mol. The van der Waals surface area contributed by atoms with E-state index in [0.717, 1.165) is 22.5 Å². The molecule has 2 fully saturated rings. The fourth-order valence-corrected chi connectivity index (χ4v) is 6.36. The Morgan fingerprint density at radius 1 is 0.977 bits per heavy atom. The van der Waals surface area contributed by atoms with Crippen LogP contribution in [0.3, 0.4) is 0 Å². The number of rotatable bonds is 6. The molecule has 2 aliphatic rings. The molecule has 224 valence electrons. The molecule has 7 nitrogen and oxygen atoms in total. The number of hydrogen-bond donors (Lipinski definition) is 1. The highest BCUT2D eigenvalue weighted by Gasteiger charge is 2.47. The zero-order valence-electron chi connectivity index (χ0n) is 23.9. The number of aromatic carboxylic acids is 1. The minimum absolute atomic E-state index is 0.113. The van der Waals surface area contributed by atoms with Crippen molar-refractivity contribution in [1.82, 2.24) is 9.47 Å². The van der Waals surface area contributed by atoms with Crippen LogP contribution in [0.5, 0.6) is 0 Å². The molecule has 6 rings (SSSR count). The molecule has 4 aromatic rings. The lowest BCUT2D eigenvalue weighted by Crippen LogP contribution is -2.46. The van der Waals surface area contributed by atoms with Crippen LogP contribution in [0, 0.1) is 0 Å². The zero-order chi connectivity index (χ0) is 30.5. The minimum atomic E-state index is -4.48. The zero-order valence-corrected chi connectivity index (χ0v) is 23.9. The van der Waals surface area contributed by atoms with Crippen LogP contribution in [0.1, 0.15) is 54.2 Å². The second-order valence-corrected chi connectivity index (χ2v) is 11.7. The SMILES string of the molecule is CC(C)n1cc(CN2CCC3(CC2)CN(c2ccc(C(=O)O)cc2)C(=O)O3)c2c(-c3ccccc3C(F)(F)F)cccc21. The maximum Gasteiger partial charge on any atom is 0.417 e. The highest BCUT2D eigenvalue weighted by Crippen LogP contribution is 2.42. The predicted octanol–water partition coefficient (Wildman–Crippen LogP) is 7.60. The number of hydrogen-bond acceptors (Lipinski definition) is 4. The number of likely N-dealkylation sites (tertiary alicyclic amines) is 1. The molecule has 1 aromatic heterocycles. The Morgan fingerprint density at radius 3 is 2.30 bits per heavy atom. The summed E-state index contributed by atoms with van der Waals surface area (Å²) in [6.07, 6.45) is -1.67. The third-order valence-electron chi connectivity index (χ3n) is 8.57. The number of halogens is 3. The summed E-state index contributed by atoms with van der Waals surface area (Å²) in [5.41, 5.74) is 1.99. The molecule has 1 amide bonds. The van der Waals surface area contributed by atoms with Crippen LogP contribution in [0.2, 0.25) is 0 Å². The molecule has 0 radical (unpaired) electrons. The lowest BCUT2D eigenvalue weighted by atomic mass is 9.90. The summed E-state index contributed by atoms with van der Waals surface area (Å²) in [5, 5.41) is 9.99. The monoisotopic (exact) mass is 591 g/mol. The molecule has 1 N–H and O–H groups in total. The standard InChI is InChI=1S/C33H32F3N3O4/c1-21(2)38-19-23(29-26(7-5-9-28(29)38)25-6-3-4-8-27(25)33(34,35)36)18-37-16-14-32(15-17-37)20-39(31(42)43-32)24-12-10-22(11-13-24)30(40)41/h3-13,19,21H,14-18,20H2,1-2H3,(H,40,41). The second-order valence-electron chi connectivity index (χ2n) is 11.7. The molecule has 43 heavy (non-hydrogen) atoms. The number of piperidine rings is 1. The van der Waals surface area contributed by atoms with E-state index in [2.05, 4.69) is 29.5 Å². The molecule has 0 bridgehead atoms. The summed E-state index contributed by atoms with van der Waals surface area (Å²) in [4.78, 5) is 27.8. The summed E-state index contributed by atoms with van der Waals surface area (Å²) in [6.45, 7) is 6.33. The number of carbonyl (C=O) groups is 2. The molecule has 0 atom stereocenters. The molecule has 3 aromatic carbocycles. The minimum Gasteiger partial charge on any atom is -0.478 e. The number of amides is 1. The van der Waals surface area contributed by atoms with Gasteiger partial charge in [-0.1, -0.05) is 30.3 Å². The van der Waals surface area contributed by atoms with Crippen molar-refractivity contribution in [3.63, 3.8) is 0 Å². The van der Waals surface area contributed by atoms with Crippen molar-refractivity contribution in [1.29, 1.82) is 0 Å². The van der Waals surface area contributed by atoms with E-state index in [1.165, 1.54) is 24.3 Å². The number of carboxylic acid groups (broad SMARTS) is 1. The van der Waals surface area contributed by atoms with Crippen LogP contribution in [0.4, 0.5) is 23.7 Å². The number of carbonyl (C=O) groups excluding carboxylic acids is 1. The number of carboxylic acids is 1. The molecule has 2 saturated heterocycles. The van der Waals surface area contributed by atoms with Crippen molar-refractivity contribution in [3.05, 3.63) is 89.6 Å². The molecule has 0 aliphatic carbocycles. The normalized spacial score (nSPS) is 17.3. The first-order valence-electron chi connectivity index (χ1n) is 14.3. The largest absolute Gasteiger partial charge is 0.478 e. The summed E-state index contributed by atoms with van der Waals surface area (Å²) in [6, 6.07) is 17.5. The van der Waals surface area contributed by atoms with E-state index in [4.69, 9.17) is 4.74 Å². The second kappa shape index (κ2) is 10.8. The summed E-state index contributed by atoms with van der Waals surface area (Å²) >= 11 is 0. The Kier molecular flexibility index (Phi) is 7.20. The van der Waals surface area contributed by atoms with Gasteiger partial charge in [0.05, 0.1) is 17.7 Å². The lowest BCUT2D eigenvalue weighted by Gasteiger charge is -2.37.